The Morgan fingerprint density at radius 1 is 1.29 bits per heavy atom. The maximum Gasteiger partial charge on any atom is 0.270 e. The average Bonchev–Trinajstić information content (AvgIpc) is 2.96. The number of fused-ring (bicyclic) bond motifs is 1. The van der Waals surface area contributed by atoms with Crippen molar-refractivity contribution in [2.75, 3.05) is 0 Å². The maximum absolute atomic E-state index is 10.7. The molecule has 4 nitrogen and oxygen atoms in total. The molecule has 0 N–H and O–H groups in total. The Balaban J connectivity index is 2.16. The molecule has 0 unspecified atom stereocenters. The number of aromatic nitrogens is 1. The van der Waals surface area contributed by atoms with E-state index in [1.165, 1.54) is 17.4 Å². The zero-order valence-electron chi connectivity index (χ0n) is 8.49. The molecule has 0 amide bonds. The third kappa shape index (κ3) is 1.81. The quantitative estimate of drug-likeness (QED) is 0.519. The zero-order valence-corrected chi connectivity index (χ0v) is 10.1. The fraction of sp³-hybridized carbons (Fsp3) is 0. The smallest absolute Gasteiger partial charge is 0.258 e. The molecular weight excluding hydrogens is 256 g/mol. The number of nitro groups is 1. The van der Waals surface area contributed by atoms with E-state index in [0.717, 1.165) is 20.8 Å². The van der Waals surface area contributed by atoms with Crippen LogP contribution < -0.4 is 0 Å². The van der Waals surface area contributed by atoms with E-state index in [0.29, 0.717) is 0 Å². The van der Waals surface area contributed by atoms with Crippen LogP contribution in [0.15, 0.2) is 35.0 Å². The van der Waals surface area contributed by atoms with Gasteiger partial charge in [0.15, 0.2) is 0 Å². The number of hydrogen-bond acceptors (Lipinski definition) is 5. The summed E-state index contributed by atoms with van der Waals surface area (Å²) in [5.41, 5.74) is 1.98. The van der Waals surface area contributed by atoms with E-state index < -0.39 is 0 Å². The first-order valence-electron chi connectivity index (χ1n) is 4.81. The number of benzene rings is 1. The van der Waals surface area contributed by atoms with E-state index in [4.69, 9.17) is 0 Å². The van der Waals surface area contributed by atoms with Gasteiger partial charge in [0.05, 0.1) is 15.1 Å². The summed E-state index contributed by atoms with van der Waals surface area (Å²) in [5.74, 6) is 0. The van der Waals surface area contributed by atoms with Crippen molar-refractivity contribution in [3.63, 3.8) is 0 Å². The molecule has 0 aliphatic rings. The number of nitro benzene ring substituents is 1. The van der Waals surface area contributed by atoms with Crippen molar-refractivity contribution in [2.45, 2.75) is 0 Å². The van der Waals surface area contributed by atoms with Crippen LogP contribution in [0.25, 0.3) is 20.8 Å². The van der Waals surface area contributed by atoms with Gasteiger partial charge in [-0.15, -0.1) is 11.3 Å². The minimum atomic E-state index is -0.385. The number of thiophene rings is 1. The highest BCUT2D eigenvalue weighted by atomic mass is 32.1. The van der Waals surface area contributed by atoms with Crippen molar-refractivity contribution in [1.29, 1.82) is 0 Å². The lowest BCUT2D eigenvalue weighted by molar-refractivity contribution is -0.384. The molecule has 1 aromatic carbocycles. The lowest BCUT2D eigenvalue weighted by atomic mass is 10.3. The lowest BCUT2D eigenvalue weighted by Crippen LogP contribution is -1.85. The van der Waals surface area contributed by atoms with E-state index >= 15 is 0 Å². The Hall–Kier alpha value is -1.79. The summed E-state index contributed by atoms with van der Waals surface area (Å²) in [7, 11) is 0. The van der Waals surface area contributed by atoms with E-state index in [1.807, 2.05) is 16.8 Å². The summed E-state index contributed by atoms with van der Waals surface area (Å²) < 4.78 is 0.848. The summed E-state index contributed by atoms with van der Waals surface area (Å²) in [6, 6.07) is 6.75. The fourth-order valence-electron chi connectivity index (χ4n) is 1.54. The highest BCUT2D eigenvalue weighted by Crippen LogP contribution is 2.32. The normalized spacial score (nSPS) is 10.8. The molecule has 0 saturated carbocycles. The first kappa shape index (κ1) is 10.4. The lowest BCUT2D eigenvalue weighted by Gasteiger charge is -1.88. The van der Waals surface area contributed by atoms with Crippen molar-refractivity contribution in [2.24, 2.45) is 0 Å². The van der Waals surface area contributed by atoms with Crippen LogP contribution >= 0.6 is 22.7 Å². The van der Waals surface area contributed by atoms with Crippen LogP contribution in [0.1, 0.15) is 0 Å². The summed E-state index contributed by atoms with van der Waals surface area (Å²) in [5, 5.41) is 15.6. The molecule has 0 fully saturated rings. The Morgan fingerprint density at radius 2 is 2.18 bits per heavy atom. The molecule has 2 heterocycles. The van der Waals surface area contributed by atoms with Gasteiger partial charge >= 0.3 is 0 Å². The Kier molecular flexibility index (Phi) is 2.38. The van der Waals surface area contributed by atoms with Crippen LogP contribution in [0.5, 0.6) is 0 Å². The van der Waals surface area contributed by atoms with E-state index in [1.54, 1.807) is 23.5 Å². The number of nitrogens with zero attached hydrogens (tertiary/aromatic N) is 2. The second kappa shape index (κ2) is 3.90. The van der Waals surface area contributed by atoms with Crippen molar-refractivity contribution >= 4 is 38.6 Å². The molecular formula is C11H6N2O2S2. The topological polar surface area (TPSA) is 56.0 Å². The van der Waals surface area contributed by atoms with Gasteiger partial charge in [0.25, 0.3) is 5.69 Å². The van der Waals surface area contributed by atoms with Gasteiger partial charge in [0.1, 0.15) is 5.01 Å². The predicted octanol–water partition coefficient (Wildman–Crippen LogP) is 3.93. The molecule has 0 aliphatic heterocycles. The third-order valence-corrected chi connectivity index (χ3v) is 4.10. The van der Waals surface area contributed by atoms with E-state index in [9.17, 15) is 10.1 Å². The fourth-order valence-corrected chi connectivity index (χ4v) is 3.25. The number of non-ortho nitro benzene ring substituents is 1. The second-order valence-electron chi connectivity index (χ2n) is 3.44. The standard InChI is InChI=1S/C11H6N2O2S2/c14-13(15)8-1-2-9-10(5-8)17-11(12-9)7-3-4-16-6-7/h1-6H. The molecule has 2 aromatic heterocycles. The highest BCUT2D eigenvalue weighted by Gasteiger charge is 2.11. The SMILES string of the molecule is O=[N+]([O-])c1ccc2nc(-c3ccsc3)sc2c1. The molecule has 84 valence electrons. The third-order valence-electron chi connectivity index (χ3n) is 2.35. The molecule has 0 saturated heterocycles. The van der Waals surface area contributed by atoms with Crippen molar-refractivity contribution in [1.82, 2.24) is 4.98 Å². The monoisotopic (exact) mass is 262 g/mol. The van der Waals surface area contributed by atoms with Gasteiger partial charge in [-0.3, -0.25) is 10.1 Å². The van der Waals surface area contributed by atoms with Crippen LogP contribution in [-0.4, -0.2) is 9.91 Å². The first-order chi connectivity index (χ1) is 8.24. The highest BCUT2D eigenvalue weighted by molar-refractivity contribution is 7.22. The van der Waals surface area contributed by atoms with Crippen LogP contribution in [0.4, 0.5) is 5.69 Å². The minimum Gasteiger partial charge on any atom is -0.258 e. The largest absolute Gasteiger partial charge is 0.270 e. The van der Waals surface area contributed by atoms with Crippen LogP contribution in [0.2, 0.25) is 0 Å². The second-order valence-corrected chi connectivity index (χ2v) is 5.25. The molecule has 3 aromatic rings. The number of hydrogen-bond donors (Lipinski definition) is 0. The summed E-state index contributed by atoms with van der Waals surface area (Å²) >= 11 is 3.09. The molecule has 0 radical (unpaired) electrons. The maximum atomic E-state index is 10.7. The minimum absolute atomic E-state index is 0.109. The molecule has 3 rings (SSSR count). The van der Waals surface area contributed by atoms with Crippen molar-refractivity contribution in [3.05, 3.63) is 45.1 Å². The van der Waals surface area contributed by atoms with Gasteiger partial charge in [-0.1, -0.05) is 0 Å². The van der Waals surface area contributed by atoms with Crippen LogP contribution in [-0.2, 0) is 0 Å². The summed E-state index contributed by atoms with van der Waals surface area (Å²) in [4.78, 5) is 14.7. The van der Waals surface area contributed by atoms with E-state index in [-0.39, 0.29) is 10.6 Å². The van der Waals surface area contributed by atoms with Crippen molar-refractivity contribution < 1.29 is 4.92 Å². The Labute approximate surface area is 104 Å². The average molecular weight is 262 g/mol. The van der Waals surface area contributed by atoms with Gasteiger partial charge < -0.3 is 0 Å². The van der Waals surface area contributed by atoms with Crippen molar-refractivity contribution in [3.8, 4) is 10.6 Å². The van der Waals surface area contributed by atoms with Gasteiger partial charge in [0, 0.05) is 23.1 Å². The van der Waals surface area contributed by atoms with E-state index in [2.05, 4.69) is 4.98 Å². The molecule has 6 heteroatoms. The molecule has 0 atom stereocenters. The Morgan fingerprint density at radius 3 is 2.88 bits per heavy atom. The summed E-state index contributed by atoms with van der Waals surface area (Å²) in [6.07, 6.45) is 0. The molecule has 17 heavy (non-hydrogen) atoms. The first-order valence-corrected chi connectivity index (χ1v) is 6.57. The number of thiazole rings is 1. The van der Waals surface area contributed by atoms with Crippen LogP contribution in [0, 0.1) is 10.1 Å². The van der Waals surface area contributed by atoms with Crippen LogP contribution in [0.3, 0.4) is 0 Å². The van der Waals surface area contributed by atoms with Gasteiger partial charge in [-0.05, 0) is 17.5 Å². The Bertz CT molecular complexity index is 689. The predicted molar refractivity (Wildman–Crippen MR) is 69.6 cm³/mol. The van der Waals surface area contributed by atoms with Gasteiger partial charge in [-0.2, -0.15) is 11.3 Å². The molecule has 0 bridgehead atoms. The molecule has 0 spiro atoms. The number of rotatable bonds is 2. The molecule has 0 aliphatic carbocycles. The summed E-state index contributed by atoms with van der Waals surface area (Å²) in [6.45, 7) is 0. The van der Waals surface area contributed by atoms with Gasteiger partial charge in [0.2, 0.25) is 0 Å². The zero-order chi connectivity index (χ0) is 11.8. The van der Waals surface area contributed by atoms with Gasteiger partial charge in [-0.25, -0.2) is 4.98 Å².